The summed E-state index contributed by atoms with van der Waals surface area (Å²) in [7, 11) is -4.95. The van der Waals surface area contributed by atoms with Gasteiger partial charge in [0.1, 0.15) is 4.90 Å². The number of ketones is 1. The summed E-state index contributed by atoms with van der Waals surface area (Å²) < 4.78 is 32.9. The average molecular weight is 344 g/mol. The van der Waals surface area contributed by atoms with Gasteiger partial charge < -0.3 is 0 Å². The molecule has 2 aromatic carbocycles. The first-order valence-electron chi connectivity index (χ1n) is 6.24. The Kier molecular flexibility index (Phi) is 4.83. The second-order valence-electron chi connectivity index (χ2n) is 4.36. The van der Waals surface area contributed by atoms with Crippen LogP contribution >= 0.6 is 0 Å². The Bertz CT molecular complexity index is 1010. The maximum absolute atomic E-state index is 12.5. The Balaban J connectivity index is 2.87. The number of benzene rings is 2. The topological polar surface area (TPSA) is 169 Å². The molecule has 11 heteroatoms. The number of rotatable bonds is 5. The van der Waals surface area contributed by atoms with Crippen LogP contribution in [-0.2, 0) is 10.1 Å². The van der Waals surface area contributed by atoms with E-state index in [-0.39, 0.29) is 11.3 Å². The lowest BCUT2D eigenvalue weighted by Crippen LogP contribution is -2.10. The molecular formula is C13H8N6O4S. The van der Waals surface area contributed by atoms with Gasteiger partial charge in [-0.25, -0.2) is 0 Å². The predicted molar refractivity (Wildman–Crippen MR) is 83.7 cm³/mol. The SMILES string of the molecule is [N-]=[N+]=Nc1ccc(C(=O)c2ccccc2)c(S(=O)(=O)O)c1N=[N+]=[N-]. The molecule has 0 atom stereocenters. The molecule has 0 aliphatic rings. The highest BCUT2D eigenvalue weighted by atomic mass is 32.2. The molecule has 1 N–H and O–H groups in total. The van der Waals surface area contributed by atoms with E-state index >= 15 is 0 Å². The van der Waals surface area contributed by atoms with Crippen molar-refractivity contribution in [3.05, 3.63) is 74.5 Å². The van der Waals surface area contributed by atoms with Gasteiger partial charge in [0, 0.05) is 26.6 Å². The van der Waals surface area contributed by atoms with E-state index in [4.69, 9.17) is 11.1 Å². The van der Waals surface area contributed by atoms with Gasteiger partial charge in [-0.3, -0.25) is 9.35 Å². The van der Waals surface area contributed by atoms with Gasteiger partial charge >= 0.3 is 0 Å². The van der Waals surface area contributed by atoms with Crippen LogP contribution < -0.4 is 0 Å². The number of hydrogen-bond acceptors (Lipinski definition) is 5. The van der Waals surface area contributed by atoms with E-state index in [0.717, 1.165) is 12.1 Å². The Labute approximate surface area is 135 Å². The molecule has 0 aliphatic carbocycles. The van der Waals surface area contributed by atoms with Gasteiger partial charge in [-0.2, -0.15) is 8.42 Å². The normalized spacial score (nSPS) is 10.4. The lowest BCUT2D eigenvalue weighted by Gasteiger charge is -2.11. The van der Waals surface area contributed by atoms with Gasteiger partial charge in [-0.15, -0.1) is 0 Å². The van der Waals surface area contributed by atoms with Crippen molar-refractivity contribution < 1.29 is 17.8 Å². The van der Waals surface area contributed by atoms with Crippen LogP contribution in [0.25, 0.3) is 20.9 Å². The van der Waals surface area contributed by atoms with E-state index < -0.39 is 32.0 Å². The summed E-state index contributed by atoms with van der Waals surface area (Å²) >= 11 is 0. The molecule has 2 aromatic rings. The van der Waals surface area contributed by atoms with Crippen LogP contribution in [0.5, 0.6) is 0 Å². The van der Waals surface area contributed by atoms with Gasteiger partial charge in [0.15, 0.2) is 5.78 Å². The fourth-order valence-electron chi connectivity index (χ4n) is 2.02. The summed E-state index contributed by atoms with van der Waals surface area (Å²) in [4.78, 5) is 16.5. The van der Waals surface area contributed by atoms with Crippen LogP contribution in [0.15, 0.2) is 57.6 Å². The summed E-state index contributed by atoms with van der Waals surface area (Å²) in [6, 6.07) is 9.89. The summed E-state index contributed by atoms with van der Waals surface area (Å²) in [6.07, 6.45) is 0. The molecule has 0 fully saturated rings. The molecule has 0 aliphatic heterocycles. The first-order chi connectivity index (χ1) is 11.4. The van der Waals surface area contributed by atoms with Gasteiger partial charge in [-0.1, -0.05) is 46.6 Å². The quantitative estimate of drug-likeness (QED) is 0.284. The van der Waals surface area contributed by atoms with Crippen LogP contribution in [0.2, 0.25) is 0 Å². The largest absolute Gasteiger partial charge is 0.295 e. The lowest BCUT2D eigenvalue weighted by atomic mass is 10.0. The zero-order valence-corrected chi connectivity index (χ0v) is 12.6. The van der Waals surface area contributed by atoms with Crippen molar-refractivity contribution in [3.63, 3.8) is 0 Å². The minimum atomic E-state index is -4.95. The van der Waals surface area contributed by atoms with Gasteiger partial charge in [0.25, 0.3) is 10.1 Å². The molecule has 2 rings (SSSR count). The highest BCUT2D eigenvalue weighted by Crippen LogP contribution is 2.38. The molecular weight excluding hydrogens is 336 g/mol. The van der Waals surface area contributed by atoms with Crippen molar-refractivity contribution in [2.45, 2.75) is 4.90 Å². The highest BCUT2D eigenvalue weighted by molar-refractivity contribution is 7.86. The average Bonchev–Trinajstić information content (AvgIpc) is 2.55. The van der Waals surface area contributed by atoms with Crippen LogP contribution in [0.3, 0.4) is 0 Å². The number of carbonyl (C=O) groups is 1. The number of carbonyl (C=O) groups excluding carboxylic acids is 1. The van der Waals surface area contributed by atoms with E-state index in [2.05, 4.69) is 20.1 Å². The third kappa shape index (κ3) is 3.35. The Hall–Kier alpha value is -3.36. The van der Waals surface area contributed by atoms with E-state index in [1.54, 1.807) is 18.2 Å². The minimum Gasteiger partial charge on any atom is -0.289 e. The molecule has 0 amide bonds. The molecule has 0 radical (unpaired) electrons. The maximum Gasteiger partial charge on any atom is 0.295 e. The minimum absolute atomic E-state index is 0.158. The number of nitrogens with zero attached hydrogens (tertiary/aromatic N) is 6. The fraction of sp³-hybridized carbons (Fsp3) is 0. The number of hydrogen-bond donors (Lipinski definition) is 1. The molecule has 120 valence electrons. The molecule has 24 heavy (non-hydrogen) atoms. The van der Waals surface area contributed by atoms with E-state index in [0.29, 0.717) is 0 Å². The van der Waals surface area contributed by atoms with Crippen molar-refractivity contribution in [2.75, 3.05) is 0 Å². The van der Waals surface area contributed by atoms with Crippen molar-refractivity contribution in [3.8, 4) is 0 Å². The van der Waals surface area contributed by atoms with Gasteiger partial charge in [0.05, 0.1) is 5.69 Å². The van der Waals surface area contributed by atoms with Gasteiger partial charge in [-0.05, 0) is 17.1 Å². The predicted octanol–water partition coefficient (Wildman–Crippen LogP) is 4.05. The highest BCUT2D eigenvalue weighted by Gasteiger charge is 2.26. The van der Waals surface area contributed by atoms with Crippen molar-refractivity contribution in [2.24, 2.45) is 10.2 Å². The fourth-order valence-corrected chi connectivity index (χ4v) is 2.84. The Morgan fingerprint density at radius 1 is 1.00 bits per heavy atom. The zero-order chi connectivity index (χ0) is 17.7. The molecule has 0 spiro atoms. The summed E-state index contributed by atoms with van der Waals surface area (Å²) in [6.45, 7) is 0. The maximum atomic E-state index is 12.5. The molecule has 0 bridgehead atoms. The standard InChI is InChI=1S/C13H8N6O4S/c14-18-16-10-7-6-9(12(20)8-4-2-1-3-5-8)13(24(21,22)23)11(10)17-19-15/h1-7H,(H,21,22,23). The van der Waals surface area contributed by atoms with E-state index in [1.807, 2.05) is 0 Å². The third-order valence-corrected chi connectivity index (χ3v) is 3.88. The van der Waals surface area contributed by atoms with Crippen LogP contribution in [0.1, 0.15) is 15.9 Å². The van der Waals surface area contributed by atoms with Crippen molar-refractivity contribution in [1.82, 2.24) is 0 Å². The number of azide groups is 2. The second-order valence-corrected chi connectivity index (χ2v) is 5.72. The summed E-state index contributed by atoms with van der Waals surface area (Å²) in [5.74, 6) is -0.717. The second kappa shape index (κ2) is 6.82. The summed E-state index contributed by atoms with van der Waals surface area (Å²) in [5, 5.41) is 6.35. The molecule has 0 saturated carbocycles. The Morgan fingerprint density at radius 2 is 1.62 bits per heavy atom. The first kappa shape index (κ1) is 17.0. The van der Waals surface area contributed by atoms with E-state index in [1.165, 1.54) is 12.1 Å². The Morgan fingerprint density at radius 3 is 2.17 bits per heavy atom. The van der Waals surface area contributed by atoms with Crippen molar-refractivity contribution in [1.29, 1.82) is 0 Å². The third-order valence-electron chi connectivity index (χ3n) is 2.95. The molecule has 0 saturated heterocycles. The monoisotopic (exact) mass is 344 g/mol. The van der Waals surface area contributed by atoms with Crippen LogP contribution in [-0.4, -0.2) is 18.8 Å². The lowest BCUT2D eigenvalue weighted by molar-refractivity contribution is 0.103. The van der Waals surface area contributed by atoms with E-state index in [9.17, 15) is 17.8 Å². The zero-order valence-electron chi connectivity index (χ0n) is 11.8. The smallest absolute Gasteiger partial charge is 0.289 e. The first-order valence-corrected chi connectivity index (χ1v) is 7.68. The molecule has 10 nitrogen and oxygen atoms in total. The van der Waals surface area contributed by atoms with Crippen molar-refractivity contribution >= 4 is 27.3 Å². The molecule has 0 heterocycles. The van der Waals surface area contributed by atoms with Crippen LogP contribution in [0, 0.1) is 0 Å². The molecule has 0 unspecified atom stereocenters. The summed E-state index contributed by atoms with van der Waals surface area (Å²) in [5.41, 5.74) is 15.9. The van der Waals surface area contributed by atoms with Crippen LogP contribution in [0.4, 0.5) is 11.4 Å². The molecule has 0 aromatic heterocycles. The van der Waals surface area contributed by atoms with Gasteiger partial charge in [0.2, 0.25) is 0 Å².